The Morgan fingerprint density at radius 1 is 0.900 bits per heavy atom. The summed E-state index contributed by atoms with van der Waals surface area (Å²) in [4.78, 5) is 52.6. The van der Waals surface area contributed by atoms with E-state index in [2.05, 4.69) is 10.2 Å². The summed E-state index contributed by atoms with van der Waals surface area (Å²) >= 11 is 0. The molecule has 152 valence electrons. The average molecular weight is 404 g/mol. The Bertz CT molecular complexity index is 1130. The van der Waals surface area contributed by atoms with Crippen LogP contribution in [0.5, 0.6) is 0 Å². The van der Waals surface area contributed by atoms with Crippen molar-refractivity contribution >= 4 is 35.0 Å². The van der Waals surface area contributed by atoms with Gasteiger partial charge in [-0.15, -0.1) is 0 Å². The number of nitrogens with zero attached hydrogens (tertiary/aromatic N) is 2. The fraction of sp³-hybridized carbons (Fsp3) is 0.273. The van der Waals surface area contributed by atoms with Gasteiger partial charge in [0.1, 0.15) is 6.04 Å². The molecule has 3 N–H and O–H groups in total. The van der Waals surface area contributed by atoms with Crippen molar-refractivity contribution in [2.24, 2.45) is 0 Å². The van der Waals surface area contributed by atoms with E-state index in [0.29, 0.717) is 17.8 Å². The number of hydrogen-bond acceptors (Lipinski definition) is 6. The van der Waals surface area contributed by atoms with Crippen LogP contribution in [0.4, 0.5) is 11.4 Å². The zero-order valence-corrected chi connectivity index (χ0v) is 16.2. The molecule has 8 heteroatoms. The summed E-state index contributed by atoms with van der Waals surface area (Å²) in [6.07, 6.45) is 1.11. The third-order valence-corrected chi connectivity index (χ3v) is 6.03. The highest BCUT2D eigenvalue weighted by atomic mass is 16.2. The number of rotatable bonds is 2. The fourth-order valence-corrected chi connectivity index (χ4v) is 4.45. The lowest BCUT2D eigenvalue weighted by Gasteiger charge is -2.31. The van der Waals surface area contributed by atoms with Crippen molar-refractivity contribution in [3.8, 4) is 0 Å². The summed E-state index contributed by atoms with van der Waals surface area (Å²) in [7, 11) is 0. The molecule has 0 saturated carbocycles. The van der Waals surface area contributed by atoms with E-state index in [4.69, 9.17) is 5.73 Å². The SMILES string of the molecule is Nc1ccc2c(c1)CN(c1ccc3c(c1)C(=O)N(C1CCC(=O)NC1=O)C3=O)CC2. The quantitative estimate of drug-likeness (QED) is 0.575. The van der Waals surface area contributed by atoms with Gasteiger partial charge in [0, 0.05) is 30.9 Å². The molecule has 0 bridgehead atoms. The number of benzene rings is 2. The first-order valence-electron chi connectivity index (χ1n) is 9.90. The molecular formula is C22H20N4O4. The average Bonchev–Trinajstić information content (AvgIpc) is 2.97. The van der Waals surface area contributed by atoms with Crippen LogP contribution in [0.1, 0.15) is 44.7 Å². The number of anilines is 2. The van der Waals surface area contributed by atoms with Crippen molar-refractivity contribution in [2.75, 3.05) is 17.2 Å². The molecule has 1 atom stereocenters. The molecule has 30 heavy (non-hydrogen) atoms. The van der Waals surface area contributed by atoms with E-state index in [1.807, 2.05) is 24.3 Å². The molecule has 2 aromatic rings. The number of piperidine rings is 1. The van der Waals surface area contributed by atoms with Gasteiger partial charge in [-0.3, -0.25) is 29.4 Å². The molecule has 0 radical (unpaired) electrons. The highest BCUT2D eigenvalue weighted by molar-refractivity contribution is 6.23. The minimum atomic E-state index is -0.955. The first-order valence-corrected chi connectivity index (χ1v) is 9.90. The summed E-state index contributed by atoms with van der Waals surface area (Å²) in [5.41, 5.74) is 10.5. The first kappa shape index (κ1) is 18.4. The molecule has 1 saturated heterocycles. The molecule has 3 heterocycles. The zero-order chi connectivity index (χ0) is 21.0. The molecule has 4 amide bonds. The summed E-state index contributed by atoms with van der Waals surface area (Å²) in [5, 5.41) is 2.21. The molecule has 0 spiro atoms. The second kappa shape index (κ2) is 6.69. The second-order valence-electron chi connectivity index (χ2n) is 7.88. The van der Waals surface area contributed by atoms with E-state index in [-0.39, 0.29) is 24.3 Å². The number of amides is 4. The number of hydrogen-bond donors (Lipinski definition) is 2. The number of nitrogens with two attached hydrogens (primary N) is 1. The van der Waals surface area contributed by atoms with E-state index in [1.54, 1.807) is 12.1 Å². The minimum absolute atomic E-state index is 0.103. The topological polar surface area (TPSA) is 113 Å². The van der Waals surface area contributed by atoms with Gasteiger partial charge in [0.25, 0.3) is 11.8 Å². The van der Waals surface area contributed by atoms with Crippen molar-refractivity contribution in [3.63, 3.8) is 0 Å². The Morgan fingerprint density at radius 2 is 1.70 bits per heavy atom. The molecular weight excluding hydrogens is 384 g/mol. The van der Waals surface area contributed by atoms with Gasteiger partial charge in [-0.2, -0.15) is 0 Å². The molecule has 1 unspecified atom stereocenters. The number of fused-ring (bicyclic) bond motifs is 2. The van der Waals surface area contributed by atoms with Crippen LogP contribution in [0.3, 0.4) is 0 Å². The predicted molar refractivity (Wildman–Crippen MR) is 109 cm³/mol. The van der Waals surface area contributed by atoms with Crippen molar-refractivity contribution in [2.45, 2.75) is 31.8 Å². The molecule has 0 aromatic heterocycles. The number of carbonyl (C=O) groups excluding carboxylic acids is 4. The standard InChI is InChI=1S/C22H20N4O4/c23-14-2-1-12-7-8-25(11-13(12)9-14)15-3-4-16-17(10-15)22(30)26(21(16)29)18-5-6-19(27)24-20(18)28/h1-4,9-10,18H,5-8,11,23H2,(H,24,27,28). The van der Waals surface area contributed by atoms with Gasteiger partial charge in [-0.1, -0.05) is 6.07 Å². The van der Waals surface area contributed by atoms with Gasteiger partial charge in [0.2, 0.25) is 11.8 Å². The molecule has 3 aliphatic heterocycles. The Labute approximate surface area is 172 Å². The maximum Gasteiger partial charge on any atom is 0.262 e. The predicted octanol–water partition coefficient (Wildman–Crippen LogP) is 1.23. The van der Waals surface area contributed by atoms with Crippen LogP contribution in [-0.2, 0) is 22.6 Å². The third-order valence-electron chi connectivity index (χ3n) is 6.03. The van der Waals surface area contributed by atoms with Crippen LogP contribution in [-0.4, -0.2) is 41.1 Å². The van der Waals surface area contributed by atoms with Gasteiger partial charge < -0.3 is 10.6 Å². The van der Waals surface area contributed by atoms with Gasteiger partial charge in [-0.05, 0) is 54.3 Å². The largest absolute Gasteiger partial charge is 0.399 e. The molecule has 0 aliphatic carbocycles. The molecule has 2 aromatic carbocycles. The van der Waals surface area contributed by atoms with Gasteiger partial charge in [0.15, 0.2) is 0 Å². The van der Waals surface area contributed by atoms with Crippen LogP contribution < -0.4 is 16.0 Å². The Balaban J connectivity index is 1.43. The highest BCUT2D eigenvalue weighted by Crippen LogP contribution is 2.32. The van der Waals surface area contributed by atoms with Gasteiger partial charge in [-0.25, -0.2) is 0 Å². The first-order chi connectivity index (χ1) is 14.4. The number of imide groups is 2. The van der Waals surface area contributed by atoms with Gasteiger partial charge >= 0.3 is 0 Å². The lowest BCUT2D eigenvalue weighted by atomic mass is 9.98. The lowest BCUT2D eigenvalue weighted by molar-refractivity contribution is -0.136. The molecule has 1 fully saturated rings. The molecule has 3 aliphatic rings. The summed E-state index contributed by atoms with van der Waals surface area (Å²) in [6.45, 7) is 1.45. The Morgan fingerprint density at radius 3 is 2.50 bits per heavy atom. The maximum absolute atomic E-state index is 13.0. The monoisotopic (exact) mass is 404 g/mol. The Hall–Kier alpha value is -3.68. The lowest BCUT2D eigenvalue weighted by Crippen LogP contribution is -2.54. The third kappa shape index (κ3) is 2.83. The summed E-state index contributed by atoms with van der Waals surface area (Å²) < 4.78 is 0. The normalized spacial score (nSPS) is 20.9. The molecule has 5 rings (SSSR count). The zero-order valence-electron chi connectivity index (χ0n) is 16.2. The van der Waals surface area contributed by atoms with Crippen LogP contribution in [0.15, 0.2) is 36.4 Å². The fourth-order valence-electron chi connectivity index (χ4n) is 4.45. The van der Waals surface area contributed by atoms with E-state index < -0.39 is 23.8 Å². The van der Waals surface area contributed by atoms with Crippen LogP contribution >= 0.6 is 0 Å². The summed E-state index contributed by atoms with van der Waals surface area (Å²) in [6, 6.07) is 10.2. The van der Waals surface area contributed by atoms with Crippen LogP contribution in [0, 0.1) is 0 Å². The van der Waals surface area contributed by atoms with E-state index >= 15 is 0 Å². The smallest absolute Gasteiger partial charge is 0.262 e. The van der Waals surface area contributed by atoms with Gasteiger partial charge in [0.05, 0.1) is 11.1 Å². The van der Waals surface area contributed by atoms with E-state index in [9.17, 15) is 19.2 Å². The maximum atomic E-state index is 13.0. The number of nitrogen functional groups attached to an aromatic ring is 1. The number of nitrogens with one attached hydrogen (secondary N) is 1. The van der Waals surface area contributed by atoms with Crippen molar-refractivity contribution in [3.05, 3.63) is 58.7 Å². The van der Waals surface area contributed by atoms with Crippen molar-refractivity contribution in [1.82, 2.24) is 10.2 Å². The molecule has 8 nitrogen and oxygen atoms in total. The summed E-state index contributed by atoms with van der Waals surface area (Å²) in [5.74, 6) is -1.98. The van der Waals surface area contributed by atoms with Crippen molar-refractivity contribution in [1.29, 1.82) is 0 Å². The Kier molecular flexibility index (Phi) is 4.09. The van der Waals surface area contributed by atoms with Crippen LogP contribution in [0.2, 0.25) is 0 Å². The van der Waals surface area contributed by atoms with E-state index in [0.717, 1.165) is 29.1 Å². The second-order valence-corrected chi connectivity index (χ2v) is 7.88. The minimum Gasteiger partial charge on any atom is -0.399 e. The highest BCUT2D eigenvalue weighted by Gasteiger charge is 2.44. The number of carbonyl (C=O) groups is 4. The van der Waals surface area contributed by atoms with E-state index in [1.165, 1.54) is 5.56 Å². The van der Waals surface area contributed by atoms with Crippen LogP contribution in [0.25, 0.3) is 0 Å². The van der Waals surface area contributed by atoms with Crippen molar-refractivity contribution < 1.29 is 19.2 Å².